The standard InChI is InChI=1S/C20H19ClN2O6S2/c1-3-28-18(24)12-23-16-10-5-13(19(25)29-4-2)11-17(16)30-20(23)22-31(26,27)15-8-6-14(21)7-9-15/h5-11H,3-4,12H2,1-2H3/b22-20-. The fraction of sp³-hybridized carbons (Fsp3) is 0.250. The Hall–Kier alpha value is -2.69. The van der Waals surface area contributed by atoms with Crippen LogP contribution in [0.2, 0.25) is 5.02 Å². The number of rotatable bonds is 7. The SMILES string of the molecule is CCOC(=O)Cn1/c(=N/S(=O)(=O)c2ccc(Cl)cc2)sc2cc(C(=O)OCC)ccc21. The van der Waals surface area contributed by atoms with Gasteiger partial charge in [-0.3, -0.25) is 4.79 Å². The first-order valence-electron chi connectivity index (χ1n) is 9.28. The fourth-order valence-electron chi connectivity index (χ4n) is 2.74. The van der Waals surface area contributed by atoms with E-state index in [1.54, 1.807) is 32.0 Å². The summed E-state index contributed by atoms with van der Waals surface area (Å²) in [4.78, 5) is 24.2. The Kier molecular flexibility index (Phi) is 7.14. The predicted octanol–water partition coefficient (Wildman–Crippen LogP) is 3.39. The molecule has 0 saturated carbocycles. The number of thiazole rings is 1. The lowest BCUT2D eigenvalue weighted by Gasteiger charge is -2.06. The first-order valence-corrected chi connectivity index (χ1v) is 11.9. The fourth-order valence-corrected chi connectivity index (χ4v) is 5.13. The highest BCUT2D eigenvalue weighted by Gasteiger charge is 2.18. The maximum atomic E-state index is 12.8. The number of carbonyl (C=O) groups is 2. The van der Waals surface area contributed by atoms with E-state index in [0.717, 1.165) is 11.3 Å². The summed E-state index contributed by atoms with van der Waals surface area (Å²) in [6.45, 7) is 3.55. The predicted molar refractivity (Wildman–Crippen MR) is 117 cm³/mol. The van der Waals surface area contributed by atoms with E-state index in [1.807, 2.05) is 0 Å². The Bertz CT molecular complexity index is 1290. The number of aromatic nitrogens is 1. The number of fused-ring (bicyclic) bond motifs is 1. The van der Waals surface area contributed by atoms with Crippen molar-refractivity contribution >= 4 is 55.1 Å². The van der Waals surface area contributed by atoms with Gasteiger partial charge in [0.25, 0.3) is 10.0 Å². The van der Waals surface area contributed by atoms with E-state index in [4.69, 9.17) is 21.1 Å². The largest absolute Gasteiger partial charge is 0.465 e. The summed E-state index contributed by atoms with van der Waals surface area (Å²) in [6.07, 6.45) is 0. The van der Waals surface area contributed by atoms with Crippen molar-refractivity contribution in [1.29, 1.82) is 0 Å². The van der Waals surface area contributed by atoms with Gasteiger partial charge in [-0.1, -0.05) is 22.9 Å². The molecule has 0 aliphatic carbocycles. The van der Waals surface area contributed by atoms with E-state index in [9.17, 15) is 18.0 Å². The van der Waals surface area contributed by atoms with E-state index in [2.05, 4.69) is 4.40 Å². The summed E-state index contributed by atoms with van der Waals surface area (Å²) in [7, 11) is -4.07. The first-order chi connectivity index (χ1) is 14.7. The summed E-state index contributed by atoms with van der Waals surface area (Å²) in [5, 5.41) is 0.393. The van der Waals surface area contributed by atoms with Crippen molar-refractivity contribution in [2.24, 2.45) is 4.40 Å². The van der Waals surface area contributed by atoms with E-state index in [-0.39, 0.29) is 29.5 Å². The number of benzene rings is 2. The molecular formula is C20H19ClN2O6S2. The van der Waals surface area contributed by atoms with Gasteiger partial charge in [0.2, 0.25) is 4.80 Å². The lowest BCUT2D eigenvalue weighted by molar-refractivity contribution is -0.143. The average molecular weight is 483 g/mol. The van der Waals surface area contributed by atoms with Gasteiger partial charge in [0.1, 0.15) is 6.54 Å². The summed E-state index contributed by atoms with van der Waals surface area (Å²) >= 11 is 6.87. The summed E-state index contributed by atoms with van der Waals surface area (Å²) < 4.78 is 41.6. The number of ether oxygens (including phenoxy) is 2. The zero-order valence-corrected chi connectivity index (χ0v) is 19.1. The van der Waals surface area contributed by atoms with E-state index >= 15 is 0 Å². The number of hydrogen-bond donors (Lipinski definition) is 0. The molecule has 0 spiro atoms. The van der Waals surface area contributed by atoms with Gasteiger partial charge in [-0.25, -0.2) is 4.79 Å². The number of carbonyl (C=O) groups excluding carboxylic acids is 2. The zero-order chi connectivity index (χ0) is 22.6. The molecule has 0 fully saturated rings. The minimum absolute atomic E-state index is 0.0377. The third-order valence-corrected chi connectivity index (χ3v) is 6.79. The van der Waals surface area contributed by atoms with Gasteiger partial charge < -0.3 is 14.0 Å². The highest BCUT2D eigenvalue weighted by Crippen LogP contribution is 2.21. The van der Waals surface area contributed by atoms with Crippen LogP contribution in [0.5, 0.6) is 0 Å². The third kappa shape index (κ3) is 5.33. The highest BCUT2D eigenvalue weighted by atomic mass is 35.5. The van der Waals surface area contributed by atoms with Crippen LogP contribution in [0, 0.1) is 0 Å². The smallest absolute Gasteiger partial charge is 0.338 e. The molecule has 0 radical (unpaired) electrons. The topological polar surface area (TPSA) is 104 Å². The number of hydrogen-bond acceptors (Lipinski definition) is 7. The quantitative estimate of drug-likeness (QED) is 0.478. The Morgan fingerprint density at radius 3 is 2.39 bits per heavy atom. The number of esters is 2. The van der Waals surface area contributed by atoms with Crippen LogP contribution in [0.25, 0.3) is 10.2 Å². The van der Waals surface area contributed by atoms with Crippen LogP contribution in [0.4, 0.5) is 0 Å². The van der Waals surface area contributed by atoms with Gasteiger partial charge in [-0.2, -0.15) is 8.42 Å². The molecule has 1 heterocycles. The van der Waals surface area contributed by atoms with Crippen LogP contribution < -0.4 is 4.80 Å². The molecule has 3 aromatic rings. The molecule has 31 heavy (non-hydrogen) atoms. The Balaban J connectivity index is 2.17. The second-order valence-electron chi connectivity index (χ2n) is 6.20. The van der Waals surface area contributed by atoms with Gasteiger partial charge in [0.15, 0.2) is 0 Å². The van der Waals surface area contributed by atoms with Crippen molar-refractivity contribution in [2.45, 2.75) is 25.3 Å². The van der Waals surface area contributed by atoms with Crippen molar-refractivity contribution in [3.8, 4) is 0 Å². The Morgan fingerprint density at radius 1 is 1.06 bits per heavy atom. The Morgan fingerprint density at radius 2 is 1.74 bits per heavy atom. The third-order valence-electron chi connectivity index (χ3n) is 4.10. The molecule has 1 aromatic heterocycles. The van der Waals surface area contributed by atoms with Crippen molar-refractivity contribution in [3.63, 3.8) is 0 Å². The summed E-state index contributed by atoms with van der Waals surface area (Å²) in [5.74, 6) is -1.04. The van der Waals surface area contributed by atoms with E-state index in [1.165, 1.54) is 28.8 Å². The van der Waals surface area contributed by atoms with Crippen molar-refractivity contribution in [3.05, 3.63) is 57.9 Å². The van der Waals surface area contributed by atoms with Crippen LogP contribution in [-0.2, 0) is 30.8 Å². The molecule has 0 unspecified atom stereocenters. The molecule has 164 valence electrons. The second kappa shape index (κ2) is 9.63. The van der Waals surface area contributed by atoms with Crippen LogP contribution in [0.3, 0.4) is 0 Å². The van der Waals surface area contributed by atoms with Crippen molar-refractivity contribution in [1.82, 2.24) is 4.57 Å². The summed E-state index contributed by atoms with van der Waals surface area (Å²) in [6, 6.07) is 10.3. The maximum absolute atomic E-state index is 12.8. The van der Waals surface area contributed by atoms with Gasteiger partial charge in [0.05, 0.1) is 33.9 Å². The van der Waals surface area contributed by atoms with E-state index in [0.29, 0.717) is 20.8 Å². The minimum Gasteiger partial charge on any atom is -0.465 e. The highest BCUT2D eigenvalue weighted by molar-refractivity contribution is 7.90. The molecule has 0 atom stereocenters. The zero-order valence-electron chi connectivity index (χ0n) is 16.7. The van der Waals surface area contributed by atoms with Gasteiger partial charge >= 0.3 is 11.9 Å². The molecule has 0 amide bonds. The second-order valence-corrected chi connectivity index (χ2v) is 9.25. The van der Waals surface area contributed by atoms with Gasteiger partial charge in [0, 0.05) is 5.02 Å². The maximum Gasteiger partial charge on any atom is 0.338 e. The molecule has 3 rings (SSSR count). The molecule has 11 heteroatoms. The first kappa shape index (κ1) is 23.0. The van der Waals surface area contributed by atoms with Crippen LogP contribution in [-0.4, -0.2) is 38.1 Å². The Labute approximate surface area is 187 Å². The molecule has 0 bridgehead atoms. The molecule has 0 saturated heterocycles. The van der Waals surface area contributed by atoms with Crippen LogP contribution >= 0.6 is 22.9 Å². The van der Waals surface area contributed by atoms with Crippen LogP contribution in [0.1, 0.15) is 24.2 Å². The molecule has 0 N–H and O–H groups in total. The van der Waals surface area contributed by atoms with E-state index < -0.39 is 22.0 Å². The molecule has 8 nitrogen and oxygen atoms in total. The lowest BCUT2D eigenvalue weighted by atomic mass is 10.2. The molecule has 0 aliphatic heterocycles. The van der Waals surface area contributed by atoms with Crippen molar-refractivity contribution in [2.75, 3.05) is 13.2 Å². The minimum atomic E-state index is -4.07. The lowest BCUT2D eigenvalue weighted by Crippen LogP contribution is -2.23. The monoisotopic (exact) mass is 482 g/mol. The molecule has 2 aromatic carbocycles. The van der Waals surface area contributed by atoms with Crippen LogP contribution in [0.15, 0.2) is 51.8 Å². The van der Waals surface area contributed by atoms with Gasteiger partial charge in [-0.05, 0) is 56.3 Å². The number of nitrogens with zero attached hydrogens (tertiary/aromatic N) is 2. The summed E-state index contributed by atoms with van der Waals surface area (Å²) in [5.41, 5.74) is 0.849. The van der Waals surface area contributed by atoms with Gasteiger partial charge in [-0.15, -0.1) is 4.40 Å². The van der Waals surface area contributed by atoms with Crippen molar-refractivity contribution < 1.29 is 27.5 Å². The average Bonchev–Trinajstić information content (AvgIpc) is 3.04. The molecule has 0 aliphatic rings. The number of halogens is 1. The normalized spacial score (nSPS) is 12.2. The molecular weight excluding hydrogens is 464 g/mol. The number of sulfonamides is 1.